The van der Waals surface area contributed by atoms with E-state index in [1.165, 1.54) is 0 Å². The highest BCUT2D eigenvalue weighted by molar-refractivity contribution is 5.89. The summed E-state index contributed by atoms with van der Waals surface area (Å²) in [5.41, 5.74) is 2.56. The minimum Gasteiger partial charge on any atom is -0.497 e. The van der Waals surface area contributed by atoms with Gasteiger partial charge in [-0.2, -0.15) is 0 Å². The second-order valence-electron chi connectivity index (χ2n) is 7.38. The fourth-order valence-corrected chi connectivity index (χ4v) is 3.50. The summed E-state index contributed by atoms with van der Waals surface area (Å²) in [6.07, 6.45) is 1.83. The number of rotatable bonds is 10. The summed E-state index contributed by atoms with van der Waals surface area (Å²) < 4.78 is 5.25. The largest absolute Gasteiger partial charge is 0.497 e. The second-order valence-corrected chi connectivity index (χ2v) is 7.38. The van der Waals surface area contributed by atoms with Gasteiger partial charge in [0.05, 0.1) is 13.5 Å². The molecule has 0 radical (unpaired) electrons. The number of nitrogens with one attached hydrogen (secondary N) is 1. The molecule has 0 aliphatic rings. The molecule has 0 heterocycles. The first-order valence-electron chi connectivity index (χ1n) is 10.5. The van der Waals surface area contributed by atoms with E-state index in [1.807, 2.05) is 84.9 Å². The zero-order valence-electron chi connectivity index (χ0n) is 18.2. The van der Waals surface area contributed by atoms with Gasteiger partial charge >= 0.3 is 0 Å². The Morgan fingerprint density at radius 2 is 1.56 bits per heavy atom. The predicted octanol–water partition coefficient (Wildman–Crippen LogP) is 4.31. The fourth-order valence-electron chi connectivity index (χ4n) is 3.50. The molecule has 3 rings (SSSR count). The van der Waals surface area contributed by atoms with Gasteiger partial charge in [0.15, 0.2) is 0 Å². The quantitative estimate of drug-likeness (QED) is 0.490. The van der Waals surface area contributed by atoms with Crippen molar-refractivity contribution < 1.29 is 14.3 Å². The number of hydrogen-bond acceptors (Lipinski definition) is 3. The molecule has 0 bridgehead atoms. The third-order valence-corrected chi connectivity index (χ3v) is 5.13. The van der Waals surface area contributed by atoms with Gasteiger partial charge in [-0.3, -0.25) is 9.59 Å². The van der Waals surface area contributed by atoms with Gasteiger partial charge in [-0.05, 0) is 28.8 Å². The van der Waals surface area contributed by atoms with Crippen LogP contribution in [-0.4, -0.2) is 30.4 Å². The number of methoxy groups -OCH3 is 1. The second kappa shape index (κ2) is 11.5. The zero-order valence-corrected chi connectivity index (χ0v) is 18.2. The maximum absolute atomic E-state index is 13.5. The normalized spacial score (nSPS) is 11.3. The third-order valence-electron chi connectivity index (χ3n) is 5.13. The Labute approximate surface area is 189 Å². The molecular formula is C27H28N2O3. The first-order chi connectivity index (χ1) is 15.6. The van der Waals surface area contributed by atoms with Crippen molar-refractivity contribution in [2.75, 3.05) is 13.7 Å². The fraction of sp³-hybridized carbons (Fsp3) is 0.185. The molecule has 5 nitrogen and oxygen atoms in total. The van der Waals surface area contributed by atoms with Crippen LogP contribution in [-0.2, 0) is 22.6 Å². The molecule has 3 aromatic rings. The van der Waals surface area contributed by atoms with Gasteiger partial charge in [0.1, 0.15) is 11.8 Å². The van der Waals surface area contributed by atoms with Crippen molar-refractivity contribution in [1.29, 1.82) is 0 Å². The van der Waals surface area contributed by atoms with Gasteiger partial charge in [-0.1, -0.05) is 78.9 Å². The summed E-state index contributed by atoms with van der Waals surface area (Å²) in [6, 6.07) is 25.7. The van der Waals surface area contributed by atoms with Crippen molar-refractivity contribution in [1.82, 2.24) is 10.2 Å². The molecule has 0 saturated carbocycles. The molecule has 5 heteroatoms. The van der Waals surface area contributed by atoms with Gasteiger partial charge in [-0.25, -0.2) is 0 Å². The highest BCUT2D eigenvalue weighted by Crippen LogP contribution is 2.25. The van der Waals surface area contributed by atoms with Crippen molar-refractivity contribution in [3.05, 3.63) is 114 Å². The Bertz CT molecular complexity index is 1020. The number of nitrogens with zero attached hydrogens (tertiary/aromatic N) is 1. The van der Waals surface area contributed by atoms with Crippen molar-refractivity contribution >= 4 is 11.8 Å². The van der Waals surface area contributed by atoms with E-state index in [9.17, 15) is 9.59 Å². The number of amides is 2. The number of benzene rings is 3. The van der Waals surface area contributed by atoms with E-state index in [2.05, 4.69) is 11.9 Å². The van der Waals surface area contributed by atoms with Crippen LogP contribution in [0.4, 0.5) is 0 Å². The van der Waals surface area contributed by atoms with Gasteiger partial charge in [-0.15, -0.1) is 6.58 Å². The average molecular weight is 429 g/mol. The first kappa shape index (κ1) is 22.8. The Morgan fingerprint density at radius 3 is 2.16 bits per heavy atom. The molecule has 2 amide bonds. The standard InChI is InChI=1S/C27H28N2O3/c1-3-18-28-27(31)26(23-12-8-5-9-13-23)29(20-22-14-16-24(32-2)17-15-22)25(30)19-21-10-6-4-7-11-21/h3-17,26H,1,18-20H2,2H3,(H,28,31). The molecule has 0 saturated heterocycles. The molecule has 1 atom stereocenters. The van der Waals surface area contributed by atoms with Crippen LogP contribution in [0.3, 0.4) is 0 Å². The number of hydrogen-bond donors (Lipinski definition) is 1. The SMILES string of the molecule is C=CCNC(=O)C(c1ccccc1)N(Cc1ccc(OC)cc1)C(=O)Cc1ccccc1. The van der Waals surface area contributed by atoms with Gasteiger partial charge in [0.25, 0.3) is 0 Å². The summed E-state index contributed by atoms with van der Waals surface area (Å²) in [7, 11) is 1.61. The van der Waals surface area contributed by atoms with Crippen molar-refractivity contribution in [2.24, 2.45) is 0 Å². The van der Waals surface area contributed by atoms with Crippen LogP contribution < -0.4 is 10.1 Å². The van der Waals surface area contributed by atoms with E-state index < -0.39 is 6.04 Å². The van der Waals surface area contributed by atoms with Crippen LogP contribution in [0.1, 0.15) is 22.7 Å². The smallest absolute Gasteiger partial charge is 0.247 e. The maximum Gasteiger partial charge on any atom is 0.247 e. The predicted molar refractivity (Wildman–Crippen MR) is 126 cm³/mol. The summed E-state index contributed by atoms with van der Waals surface area (Å²) in [5, 5.41) is 2.86. The lowest BCUT2D eigenvalue weighted by Crippen LogP contribution is -2.44. The van der Waals surface area contributed by atoms with Crippen LogP contribution in [0.5, 0.6) is 5.75 Å². The van der Waals surface area contributed by atoms with Crippen LogP contribution in [0, 0.1) is 0 Å². The highest BCUT2D eigenvalue weighted by Gasteiger charge is 2.31. The monoisotopic (exact) mass is 428 g/mol. The van der Waals surface area contributed by atoms with Crippen molar-refractivity contribution in [2.45, 2.75) is 19.0 Å². The third kappa shape index (κ3) is 6.08. The van der Waals surface area contributed by atoms with Crippen LogP contribution >= 0.6 is 0 Å². The molecule has 3 aromatic carbocycles. The van der Waals surface area contributed by atoms with Gasteiger partial charge in [0.2, 0.25) is 11.8 Å². The van der Waals surface area contributed by atoms with Crippen LogP contribution in [0.2, 0.25) is 0 Å². The van der Waals surface area contributed by atoms with E-state index >= 15 is 0 Å². The lowest BCUT2D eigenvalue weighted by Gasteiger charge is -2.31. The zero-order chi connectivity index (χ0) is 22.8. The number of carbonyl (C=O) groups excluding carboxylic acids is 2. The molecule has 0 aromatic heterocycles. The van der Waals surface area contributed by atoms with E-state index in [1.54, 1.807) is 18.1 Å². The molecule has 0 fully saturated rings. The summed E-state index contributed by atoms with van der Waals surface area (Å²) in [5.74, 6) is 0.361. The van der Waals surface area contributed by atoms with Crippen molar-refractivity contribution in [3.63, 3.8) is 0 Å². The molecular weight excluding hydrogens is 400 g/mol. The van der Waals surface area contributed by atoms with Gasteiger partial charge in [0, 0.05) is 13.1 Å². The molecule has 32 heavy (non-hydrogen) atoms. The molecule has 1 unspecified atom stereocenters. The van der Waals surface area contributed by atoms with Crippen LogP contribution in [0.25, 0.3) is 0 Å². The summed E-state index contributed by atoms with van der Waals surface area (Å²) >= 11 is 0. The molecule has 0 spiro atoms. The highest BCUT2D eigenvalue weighted by atomic mass is 16.5. The van der Waals surface area contributed by atoms with E-state index in [0.717, 1.165) is 22.4 Å². The van der Waals surface area contributed by atoms with Crippen molar-refractivity contribution in [3.8, 4) is 5.75 Å². The first-order valence-corrected chi connectivity index (χ1v) is 10.5. The molecule has 164 valence electrons. The summed E-state index contributed by atoms with van der Waals surface area (Å²) in [6.45, 7) is 4.29. The Morgan fingerprint density at radius 1 is 0.938 bits per heavy atom. The maximum atomic E-state index is 13.5. The Balaban J connectivity index is 1.98. The summed E-state index contributed by atoms with van der Waals surface area (Å²) in [4.78, 5) is 28.4. The molecule has 0 aliphatic heterocycles. The van der Waals surface area contributed by atoms with Crippen LogP contribution in [0.15, 0.2) is 97.6 Å². The number of carbonyl (C=O) groups is 2. The minimum atomic E-state index is -0.769. The van der Waals surface area contributed by atoms with E-state index in [-0.39, 0.29) is 24.8 Å². The minimum absolute atomic E-state index is 0.130. The average Bonchev–Trinajstić information content (AvgIpc) is 2.84. The van der Waals surface area contributed by atoms with E-state index in [4.69, 9.17) is 4.74 Å². The topological polar surface area (TPSA) is 58.6 Å². The molecule has 0 aliphatic carbocycles. The Kier molecular flexibility index (Phi) is 8.21. The Hall–Kier alpha value is -3.86. The lowest BCUT2D eigenvalue weighted by atomic mass is 10.0. The lowest BCUT2D eigenvalue weighted by molar-refractivity contribution is -0.141. The van der Waals surface area contributed by atoms with E-state index in [0.29, 0.717) is 6.54 Å². The van der Waals surface area contributed by atoms with Gasteiger partial charge < -0.3 is 15.0 Å². The number of ether oxygens (including phenoxy) is 1. The molecule has 1 N–H and O–H groups in total.